The van der Waals surface area contributed by atoms with Crippen molar-refractivity contribution in [3.63, 3.8) is 0 Å². The summed E-state index contributed by atoms with van der Waals surface area (Å²) in [6, 6.07) is 16.4. The third-order valence-corrected chi connectivity index (χ3v) is 7.16. The van der Waals surface area contributed by atoms with Crippen molar-refractivity contribution in [1.82, 2.24) is 4.98 Å². The molecule has 1 saturated carbocycles. The van der Waals surface area contributed by atoms with Crippen LogP contribution in [0.5, 0.6) is 0 Å². The molecule has 1 fully saturated rings. The van der Waals surface area contributed by atoms with E-state index in [9.17, 15) is 4.79 Å². The largest absolute Gasteiger partial charge is 0.377 e. The van der Waals surface area contributed by atoms with Gasteiger partial charge in [0.1, 0.15) is 5.82 Å². The topological polar surface area (TPSA) is 101 Å². The number of primary amides is 1. The molecule has 7 nitrogen and oxygen atoms in total. The lowest BCUT2D eigenvalue weighted by atomic mass is 9.85. The highest BCUT2D eigenvalue weighted by atomic mass is 16.2. The highest BCUT2D eigenvalue weighted by Crippen LogP contribution is 2.33. The van der Waals surface area contributed by atoms with Crippen LogP contribution in [0.4, 0.5) is 22.0 Å². The zero-order valence-electron chi connectivity index (χ0n) is 21.1. The molecule has 2 amide bonds. The van der Waals surface area contributed by atoms with E-state index >= 15 is 0 Å². The van der Waals surface area contributed by atoms with E-state index in [0.29, 0.717) is 25.0 Å². The molecular formula is C28H38N6O. The number of aromatic nitrogens is 1. The molecule has 186 valence electrons. The molecule has 7 heteroatoms. The van der Waals surface area contributed by atoms with Gasteiger partial charge >= 0.3 is 6.03 Å². The van der Waals surface area contributed by atoms with Gasteiger partial charge in [-0.2, -0.15) is 0 Å². The number of pyridine rings is 1. The van der Waals surface area contributed by atoms with Gasteiger partial charge in [0, 0.05) is 50.4 Å². The predicted octanol–water partition coefficient (Wildman–Crippen LogP) is 4.88. The van der Waals surface area contributed by atoms with E-state index in [1.807, 2.05) is 18.2 Å². The molecule has 0 spiro atoms. The molecule has 2 aromatic carbocycles. The minimum absolute atomic E-state index is 0.361. The molecule has 0 radical (unpaired) electrons. The second kappa shape index (κ2) is 11.0. The maximum Gasteiger partial charge on any atom is 0.319 e. The molecule has 0 aliphatic heterocycles. The van der Waals surface area contributed by atoms with Crippen LogP contribution >= 0.6 is 0 Å². The van der Waals surface area contributed by atoms with Crippen LogP contribution in [-0.2, 0) is 13.0 Å². The summed E-state index contributed by atoms with van der Waals surface area (Å²) in [5.41, 5.74) is 17.0. The van der Waals surface area contributed by atoms with Gasteiger partial charge in [-0.1, -0.05) is 43.3 Å². The van der Waals surface area contributed by atoms with Gasteiger partial charge < -0.3 is 21.7 Å². The smallest absolute Gasteiger partial charge is 0.319 e. The maximum absolute atomic E-state index is 12.5. The third kappa shape index (κ3) is 5.51. The van der Waals surface area contributed by atoms with Crippen molar-refractivity contribution < 1.29 is 4.79 Å². The number of nitrogens with zero attached hydrogens (tertiary/aromatic N) is 3. The van der Waals surface area contributed by atoms with Gasteiger partial charge in [0.15, 0.2) is 0 Å². The van der Waals surface area contributed by atoms with E-state index in [1.165, 1.54) is 0 Å². The molecular weight excluding hydrogens is 436 g/mol. The molecule has 5 N–H and O–H groups in total. The Labute approximate surface area is 208 Å². The zero-order chi connectivity index (χ0) is 24.9. The number of rotatable bonds is 8. The van der Waals surface area contributed by atoms with E-state index in [2.05, 4.69) is 61.6 Å². The Hall–Kier alpha value is -3.32. The number of benzene rings is 2. The van der Waals surface area contributed by atoms with E-state index in [4.69, 9.17) is 16.5 Å². The predicted molar refractivity (Wildman–Crippen MR) is 146 cm³/mol. The summed E-state index contributed by atoms with van der Waals surface area (Å²) < 4.78 is 0. The molecule has 1 aromatic heterocycles. The van der Waals surface area contributed by atoms with Crippen LogP contribution in [0.15, 0.2) is 48.5 Å². The molecule has 1 aliphatic rings. The molecule has 4 rings (SSSR count). The Morgan fingerprint density at radius 2 is 1.77 bits per heavy atom. The SMILES string of the molecule is CCc1cccc(CN)c1N(CC1CCC(Nc2cc(N(C)C)c3ccccc3n2)CC1)C(N)=O. The number of urea groups is 1. The lowest BCUT2D eigenvalue weighted by Gasteiger charge is -2.34. The highest BCUT2D eigenvalue weighted by Gasteiger charge is 2.27. The van der Waals surface area contributed by atoms with Crippen LogP contribution < -0.4 is 26.6 Å². The molecule has 35 heavy (non-hydrogen) atoms. The van der Waals surface area contributed by atoms with Crippen LogP contribution in [0.1, 0.15) is 43.7 Å². The first kappa shape index (κ1) is 24.8. The van der Waals surface area contributed by atoms with Crippen LogP contribution in [-0.4, -0.2) is 37.7 Å². The van der Waals surface area contributed by atoms with E-state index in [-0.39, 0.29) is 0 Å². The quantitative estimate of drug-likeness (QED) is 0.432. The normalized spacial score (nSPS) is 17.8. The molecule has 0 bridgehead atoms. The summed E-state index contributed by atoms with van der Waals surface area (Å²) in [7, 11) is 4.13. The van der Waals surface area contributed by atoms with Crippen LogP contribution in [0.25, 0.3) is 10.9 Å². The highest BCUT2D eigenvalue weighted by molar-refractivity contribution is 5.93. The molecule has 0 atom stereocenters. The number of nitrogens with one attached hydrogen (secondary N) is 1. The summed E-state index contributed by atoms with van der Waals surface area (Å²) in [6.45, 7) is 3.11. The lowest BCUT2D eigenvalue weighted by Crippen LogP contribution is -2.42. The number of nitrogens with two attached hydrogens (primary N) is 2. The minimum atomic E-state index is -0.405. The number of anilines is 3. The maximum atomic E-state index is 12.5. The molecule has 0 unspecified atom stereocenters. The summed E-state index contributed by atoms with van der Waals surface area (Å²) >= 11 is 0. The van der Waals surface area contributed by atoms with Gasteiger partial charge in [0.2, 0.25) is 0 Å². The third-order valence-electron chi connectivity index (χ3n) is 7.16. The fourth-order valence-corrected chi connectivity index (χ4v) is 5.29. The second-order valence-corrected chi connectivity index (χ2v) is 9.73. The average molecular weight is 475 g/mol. The number of carbonyl (C=O) groups is 1. The minimum Gasteiger partial charge on any atom is -0.377 e. The Kier molecular flexibility index (Phi) is 7.76. The van der Waals surface area contributed by atoms with Crippen LogP contribution in [0, 0.1) is 5.92 Å². The Morgan fingerprint density at radius 1 is 1.06 bits per heavy atom. The number of amides is 2. The van der Waals surface area contributed by atoms with Crippen molar-refractivity contribution in [2.24, 2.45) is 17.4 Å². The molecule has 3 aromatic rings. The Bertz CT molecular complexity index is 1150. The first-order valence-electron chi connectivity index (χ1n) is 12.6. The van der Waals surface area contributed by atoms with E-state index in [1.54, 1.807) is 4.90 Å². The first-order chi connectivity index (χ1) is 16.9. The Balaban J connectivity index is 1.44. The van der Waals surface area contributed by atoms with Crippen molar-refractivity contribution in [3.8, 4) is 0 Å². The fourth-order valence-electron chi connectivity index (χ4n) is 5.29. The van der Waals surface area contributed by atoms with E-state index < -0.39 is 6.03 Å². The van der Waals surface area contributed by atoms with Gasteiger partial charge in [-0.25, -0.2) is 9.78 Å². The second-order valence-electron chi connectivity index (χ2n) is 9.73. The number of hydrogen-bond donors (Lipinski definition) is 3. The monoisotopic (exact) mass is 474 g/mol. The molecule has 1 aliphatic carbocycles. The number of hydrogen-bond acceptors (Lipinski definition) is 5. The van der Waals surface area contributed by atoms with Crippen LogP contribution in [0.2, 0.25) is 0 Å². The number of fused-ring (bicyclic) bond motifs is 1. The number of carbonyl (C=O) groups excluding carboxylic acids is 1. The summed E-state index contributed by atoms with van der Waals surface area (Å²) in [5.74, 6) is 1.32. The standard InChI is InChI=1S/C28H38N6O/c1-4-20-8-7-9-21(17-29)27(20)34(28(30)35)18-19-12-14-22(15-13-19)31-26-16-25(33(2)3)23-10-5-6-11-24(23)32-26/h5-11,16,19,22H,4,12-15,17-18,29H2,1-3H3,(H2,30,35)(H,31,32). The zero-order valence-corrected chi connectivity index (χ0v) is 21.1. The summed E-state index contributed by atoms with van der Waals surface area (Å²) in [5, 5.41) is 4.83. The van der Waals surface area contributed by atoms with E-state index in [0.717, 1.165) is 71.3 Å². The lowest BCUT2D eigenvalue weighted by molar-refractivity contribution is 0.250. The summed E-state index contributed by atoms with van der Waals surface area (Å²) in [6.07, 6.45) is 4.95. The number of aryl methyl sites for hydroxylation is 1. The van der Waals surface area contributed by atoms with Crippen molar-refractivity contribution in [3.05, 3.63) is 59.7 Å². The average Bonchev–Trinajstić information content (AvgIpc) is 2.87. The van der Waals surface area contributed by atoms with Crippen molar-refractivity contribution in [2.45, 2.75) is 51.6 Å². The van der Waals surface area contributed by atoms with Crippen molar-refractivity contribution in [1.29, 1.82) is 0 Å². The Morgan fingerprint density at radius 3 is 2.43 bits per heavy atom. The van der Waals surface area contributed by atoms with Gasteiger partial charge in [0.25, 0.3) is 0 Å². The van der Waals surface area contributed by atoms with Gasteiger partial charge in [-0.15, -0.1) is 0 Å². The van der Waals surface area contributed by atoms with Crippen LogP contribution in [0.3, 0.4) is 0 Å². The fraction of sp³-hybridized carbons (Fsp3) is 0.429. The van der Waals surface area contributed by atoms with Crippen molar-refractivity contribution in [2.75, 3.05) is 35.8 Å². The molecule has 1 heterocycles. The first-order valence-corrected chi connectivity index (χ1v) is 12.6. The van der Waals surface area contributed by atoms with Crippen molar-refractivity contribution >= 4 is 34.1 Å². The van der Waals surface area contributed by atoms with Gasteiger partial charge in [-0.3, -0.25) is 4.90 Å². The molecule has 0 saturated heterocycles. The number of para-hydroxylation sites is 2. The summed E-state index contributed by atoms with van der Waals surface area (Å²) in [4.78, 5) is 21.2. The van der Waals surface area contributed by atoms with Gasteiger partial charge in [0.05, 0.1) is 11.2 Å². The van der Waals surface area contributed by atoms with Gasteiger partial charge in [-0.05, 0) is 55.2 Å².